The topological polar surface area (TPSA) is 50.1 Å². The first-order valence-corrected chi connectivity index (χ1v) is 5.04. The Bertz CT molecular complexity index is 503. The molecule has 3 nitrogen and oxygen atoms in total. The van der Waals surface area contributed by atoms with E-state index in [1.807, 2.05) is 0 Å². The highest BCUT2D eigenvalue weighted by Gasteiger charge is 2.38. The van der Waals surface area contributed by atoms with Gasteiger partial charge in [-0.05, 0) is 32.0 Å². The smallest absolute Gasteiger partial charge is 0.425 e. The summed E-state index contributed by atoms with van der Waals surface area (Å²) in [5, 5.41) is 8.67. The average molecular weight is 257 g/mol. The number of benzene rings is 1. The zero-order valence-corrected chi connectivity index (χ0v) is 9.71. The number of alkyl halides is 3. The van der Waals surface area contributed by atoms with Crippen LogP contribution in [-0.2, 0) is 0 Å². The van der Waals surface area contributed by atoms with Crippen LogP contribution in [0, 0.1) is 11.3 Å². The van der Waals surface area contributed by atoms with E-state index in [2.05, 4.69) is 0 Å². The number of nitriles is 1. The summed E-state index contributed by atoms with van der Waals surface area (Å²) in [7, 11) is 0. The fraction of sp³-hybridized carbons (Fsp3) is 0.333. The van der Waals surface area contributed by atoms with Gasteiger partial charge in [-0.3, -0.25) is 4.79 Å². The van der Waals surface area contributed by atoms with Crippen molar-refractivity contribution < 1.29 is 22.7 Å². The van der Waals surface area contributed by atoms with Crippen LogP contribution in [0.25, 0.3) is 0 Å². The maximum atomic E-state index is 12.4. The van der Waals surface area contributed by atoms with Crippen LogP contribution in [0.5, 0.6) is 5.75 Å². The lowest BCUT2D eigenvalue weighted by Crippen LogP contribution is -2.31. The third-order valence-corrected chi connectivity index (χ3v) is 2.25. The van der Waals surface area contributed by atoms with E-state index in [4.69, 9.17) is 10.00 Å². The quantitative estimate of drug-likeness (QED) is 0.782. The summed E-state index contributed by atoms with van der Waals surface area (Å²) in [6, 6.07) is 5.52. The second kappa shape index (κ2) is 5.08. The molecule has 6 heteroatoms. The van der Waals surface area contributed by atoms with Crippen molar-refractivity contribution in [2.45, 2.75) is 26.1 Å². The molecular formula is C12H10F3NO2. The summed E-state index contributed by atoms with van der Waals surface area (Å²) >= 11 is 0. The van der Waals surface area contributed by atoms with E-state index in [1.165, 1.54) is 19.1 Å². The first-order chi connectivity index (χ1) is 8.25. The fourth-order valence-corrected chi connectivity index (χ4v) is 1.24. The highest BCUT2D eigenvalue weighted by atomic mass is 19.4. The number of ketones is 1. The first kappa shape index (κ1) is 14.0. The molecule has 0 saturated heterocycles. The molecule has 0 aliphatic carbocycles. The van der Waals surface area contributed by atoms with Crippen molar-refractivity contribution >= 4 is 5.78 Å². The standard InChI is InChI=1S/C12H10F3NO2/c1-7(17)10-4-3-9(6-16)5-11(10)18-8(2)12(13,14)15/h3-5,8H,1-2H3. The molecule has 0 saturated carbocycles. The molecule has 1 atom stereocenters. The summed E-state index contributed by atoms with van der Waals surface area (Å²) in [6.45, 7) is 2.05. The number of ether oxygens (including phenoxy) is 1. The molecule has 0 amide bonds. The van der Waals surface area contributed by atoms with Crippen molar-refractivity contribution in [3.8, 4) is 11.8 Å². The molecule has 0 aliphatic rings. The van der Waals surface area contributed by atoms with Gasteiger partial charge in [-0.1, -0.05) is 0 Å². The van der Waals surface area contributed by atoms with E-state index in [0.29, 0.717) is 0 Å². The van der Waals surface area contributed by atoms with E-state index in [9.17, 15) is 18.0 Å². The number of hydrogen-bond donors (Lipinski definition) is 0. The Labute approximate surface area is 102 Å². The zero-order chi connectivity index (χ0) is 13.9. The second-order valence-corrected chi connectivity index (χ2v) is 3.68. The maximum Gasteiger partial charge on any atom is 0.425 e. The lowest BCUT2D eigenvalue weighted by molar-refractivity contribution is -0.189. The van der Waals surface area contributed by atoms with Crippen LogP contribution >= 0.6 is 0 Å². The second-order valence-electron chi connectivity index (χ2n) is 3.68. The van der Waals surface area contributed by atoms with Gasteiger partial charge in [0.15, 0.2) is 11.9 Å². The van der Waals surface area contributed by atoms with E-state index in [0.717, 1.165) is 13.0 Å². The first-order valence-electron chi connectivity index (χ1n) is 5.04. The summed E-state index contributed by atoms with van der Waals surface area (Å²) in [6.07, 6.45) is -6.58. The minimum Gasteiger partial charge on any atom is -0.480 e. The molecular weight excluding hydrogens is 247 g/mol. The highest BCUT2D eigenvalue weighted by molar-refractivity contribution is 5.97. The van der Waals surface area contributed by atoms with Crippen molar-refractivity contribution in [2.24, 2.45) is 0 Å². The van der Waals surface area contributed by atoms with Crippen molar-refractivity contribution in [1.82, 2.24) is 0 Å². The van der Waals surface area contributed by atoms with Crippen LogP contribution in [0.2, 0.25) is 0 Å². The normalized spacial score (nSPS) is 12.7. The van der Waals surface area contributed by atoms with E-state index in [1.54, 1.807) is 6.07 Å². The van der Waals surface area contributed by atoms with Crippen LogP contribution in [0.15, 0.2) is 18.2 Å². The summed E-state index contributed by atoms with van der Waals surface area (Å²) in [5.41, 5.74) is 0.148. The van der Waals surface area contributed by atoms with Gasteiger partial charge in [0, 0.05) is 0 Å². The number of hydrogen-bond acceptors (Lipinski definition) is 3. The van der Waals surface area contributed by atoms with Gasteiger partial charge in [0.1, 0.15) is 5.75 Å². The molecule has 18 heavy (non-hydrogen) atoms. The Morgan fingerprint density at radius 1 is 1.44 bits per heavy atom. The Hall–Kier alpha value is -2.03. The van der Waals surface area contributed by atoms with Crippen LogP contribution in [0.1, 0.15) is 29.8 Å². The summed E-state index contributed by atoms with van der Waals surface area (Å²) in [4.78, 5) is 11.3. The number of rotatable bonds is 3. The lowest BCUT2D eigenvalue weighted by atomic mass is 10.1. The molecule has 1 unspecified atom stereocenters. The Balaban J connectivity index is 3.13. The predicted octanol–water partition coefficient (Wildman–Crippen LogP) is 3.09. The minimum atomic E-state index is -4.53. The van der Waals surface area contributed by atoms with E-state index in [-0.39, 0.29) is 16.9 Å². The number of halogens is 3. The molecule has 0 N–H and O–H groups in total. The Morgan fingerprint density at radius 2 is 2.06 bits per heavy atom. The van der Waals surface area contributed by atoms with Gasteiger partial charge in [0.25, 0.3) is 0 Å². The maximum absolute atomic E-state index is 12.4. The molecule has 1 rings (SSSR count). The highest BCUT2D eigenvalue weighted by Crippen LogP contribution is 2.28. The molecule has 0 aliphatic heterocycles. The molecule has 96 valence electrons. The monoisotopic (exact) mass is 257 g/mol. The minimum absolute atomic E-state index is 0.0186. The number of Topliss-reactive ketones (excluding diaryl/α,β-unsaturated/α-hetero) is 1. The Kier molecular flexibility index (Phi) is 3.96. The van der Waals surface area contributed by atoms with Gasteiger partial charge in [0.2, 0.25) is 0 Å². The number of carbonyl (C=O) groups is 1. The number of carbonyl (C=O) groups excluding carboxylic acids is 1. The van der Waals surface area contributed by atoms with Crippen molar-refractivity contribution in [1.29, 1.82) is 5.26 Å². The average Bonchev–Trinajstić information content (AvgIpc) is 2.27. The molecule has 0 aromatic heterocycles. The molecule has 1 aromatic carbocycles. The summed E-state index contributed by atoms with van der Waals surface area (Å²) in [5.74, 6) is -0.657. The zero-order valence-electron chi connectivity index (χ0n) is 9.71. The fourth-order valence-electron chi connectivity index (χ4n) is 1.24. The van der Waals surface area contributed by atoms with Crippen LogP contribution in [0.4, 0.5) is 13.2 Å². The van der Waals surface area contributed by atoms with Crippen LogP contribution < -0.4 is 4.74 Å². The largest absolute Gasteiger partial charge is 0.480 e. The van der Waals surface area contributed by atoms with Crippen molar-refractivity contribution in [3.63, 3.8) is 0 Å². The third kappa shape index (κ3) is 3.23. The van der Waals surface area contributed by atoms with Gasteiger partial charge in [-0.2, -0.15) is 18.4 Å². The molecule has 0 heterocycles. The molecule has 0 bridgehead atoms. The molecule has 0 radical (unpaired) electrons. The molecule has 0 spiro atoms. The molecule has 0 fully saturated rings. The van der Waals surface area contributed by atoms with Gasteiger partial charge < -0.3 is 4.74 Å². The van der Waals surface area contributed by atoms with Crippen molar-refractivity contribution in [2.75, 3.05) is 0 Å². The van der Waals surface area contributed by atoms with Gasteiger partial charge >= 0.3 is 6.18 Å². The molecule has 1 aromatic rings. The van der Waals surface area contributed by atoms with Crippen LogP contribution in [0.3, 0.4) is 0 Å². The Morgan fingerprint density at radius 3 is 2.50 bits per heavy atom. The third-order valence-electron chi connectivity index (χ3n) is 2.25. The van der Waals surface area contributed by atoms with Crippen LogP contribution in [-0.4, -0.2) is 18.1 Å². The number of nitrogens with zero attached hydrogens (tertiary/aromatic N) is 1. The van der Waals surface area contributed by atoms with Crippen molar-refractivity contribution in [3.05, 3.63) is 29.3 Å². The SMILES string of the molecule is CC(=O)c1ccc(C#N)cc1OC(C)C(F)(F)F. The van der Waals surface area contributed by atoms with E-state index >= 15 is 0 Å². The van der Waals surface area contributed by atoms with Gasteiger partial charge in [0.05, 0.1) is 17.2 Å². The van der Waals surface area contributed by atoms with Gasteiger partial charge in [-0.15, -0.1) is 0 Å². The predicted molar refractivity (Wildman–Crippen MR) is 57.3 cm³/mol. The van der Waals surface area contributed by atoms with E-state index < -0.39 is 18.1 Å². The lowest BCUT2D eigenvalue weighted by Gasteiger charge is -2.19. The summed E-state index contributed by atoms with van der Waals surface area (Å²) < 4.78 is 41.8. The van der Waals surface area contributed by atoms with Gasteiger partial charge in [-0.25, -0.2) is 0 Å².